The number of ether oxygens (including phenoxy) is 2. The van der Waals surface area contributed by atoms with Gasteiger partial charge in [0.15, 0.2) is 11.5 Å². The number of amides is 3. The summed E-state index contributed by atoms with van der Waals surface area (Å²) in [5.41, 5.74) is 0.890. The van der Waals surface area contributed by atoms with Gasteiger partial charge in [0.05, 0.1) is 10.5 Å². The number of nitrogens with one attached hydrogen (secondary N) is 1. The van der Waals surface area contributed by atoms with Crippen LogP contribution in [0.15, 0.2) is 63.9 Å². The number of hydrogen-bond donors (Lipinski definition) is 2. The highest BCUT2D eigenvalue weighted by Gasteiger charge is 2.36. The summed E-state index contributed by atoms with van der Waals surface area (Å²) in [4.78, 5) is 50.0. The minimum absolute atomic E-state index is 0.0715. The average molecular weight is 492 g/mol. The lowest BCUT2D eigenvalue weighted by atomic mass is 10.1. The highest BCUT2D eigenvalue weighted by Crippen LogP contribution is 2.35. The molecule has 3 heterocycles. The van der Waals surface area contributed by atoms with Crippen LogP contribution in [-0.2, 0) is 9.59 Å². The molecule has 0 spiro atoms. The van der Waals surface area contributed by atoms with Crippen LogP contribution in [0.25, 0.3) is 17.4 Å². The van der Waals surface area contributed by atoms with Crippen molar-refractivity contribution in [1.82, 2.24) is 4.90 Å². The number of rotatable bonds is 6. The molecule has 2 N–H and O–H groups in total. The van der Waals surface area contributed by atoms with Crippen molar-refractivity contribution in [3.05, 3.63) is 70.8 Å². The first kappa shape index (κ1) is 22.3. The van der Waals surface area contributed by atoms with E-state index in [1.165, 1.54) is 12.1 Å². The molecule has 1 aromatic heterocycles. The molecular formula is C24H16N2O8S. The van der Waals surface area contributed by atoms with E-state index < -0.39 is 29.6 Å². The number of carbonyl (C=O) groups is 4. The molecule has 0 aliphatic carbocycles. The number of imide groups is 1. The normalized spacial score (nSPS) is 15.7. The number of anilines is 1. The van der Waals surface area contributed by atoms with Crippen molar-refractivity contribution >= 4 is 46.5 Å². The van der Waals surface area contributed by atoms with E-state index in [0.29, 0.717) is 40.3 Å². The summed E-state index contributed by atoms with van der Waals surface area (Å²) in [6, 6.07) is 14.4. The molecule has 35 heavy (non-hydrogen) atoms. The fourth-order valence-corrected chi connectivity index (χ4v) is 4.36. The summed E-state index contributed by atoms with van der Waals surface area (Å²) in [5, 5.41) is 11.4. The predicted octanol–water partition coefficient (Wildman–Crippen LogP) is 4.05. The molecule has 0 atom stereocenters. The van der Waals surface area contributed by atoms with Gasteiger partial charge in [-0.2, -0.15) is 0 Å². The van der Waals surface area contributed by atoms with Gasteiger partial charge in [0.25, 0.3) is 11.1 Å². The first-order chi connectivity index (χ1) is 16.9. The number of hydrogen-bond acceptors (Lipinski definition) is 8. The topological polar surface area (TPSA) is 135 Å². The van der Waals surface area contributed by atoms with Gasteiger partial charge in [-0.1, -0.05) is 18.2 Å². The van der Waals surface area contributed by atoms with Gasteiger partial charge < -0.3 is 24.3 Å². The number of aromatic carboxylic acids is 1. The van der Waals surface area contributed by atoms with E-state index in [-0.39, 0.29) is 23.0 Å². The van der Waals surface area contributed by atoms with E-state index in [2.05, 4.69) is 5.32 Å². The van der Waals surface area contributed by atoms with Crippen LogP contribution in [0.2, 0.25) is 0 Å². The number of fused-ring (bicyclic) bond motifs is 1. The fraction of sp³-hybridized carbons (Fsp3) is 0.0833. The van der Waals surface area contributed by atoms with Crippen molar-refractivity contribution in [2.45, 2.75) is 0 Å². The molecule has 1 fully saturated rings. The molecular weight excluding hydrogens is 476 g/mol. The molecule has 5 rings (SSSR count). The summed E-state index contributed by atoms with van der Waals surface area (Å²) in [5.74, 6) is -0.680. The Morgan fingerprint density at radius 2 is 1.86 bits per heavy atom. The second kappa shape index (κ2) is 9.03. The zero-order valence-corrected chi connectivity index (χ0v) is 18.7. The maximum atomic E-state index is 12.8. The van der Waals surface area contributed by atoms with E-state index >= 15 is 0 Å². The molecule has 0 bridgehead atoms. The van der Waals surface area contributed by atoms with Crippen LogP contribution in [0.3, 0.4) is 0 Å². The fourth-order valence-electron chi connectivity index (χ4n) is 3.54. The number of carbonyl (C=O) groups excluding carboxylic acids is 3. The Morgan fingerprint density at radius 3 is 2.69 bits per heavy atom. The largest absolute Gasteiger partial charge is 0.478 e. The monoisotopic (exact) mass is 492 g/mol. The summed E-state index contributed by atoms with van der Waals surface area (Å²) in [6.45, 7) is -0.370. The zero-order chi connectivity index (χ0) is 24.5. The number of carboxylic acids is 1. The Kier molecular flexibility index (Phi) is 5.75. The molecule has 0 unspecified atom stereocenters. The van der Waals surface area contributed by atoms with Crippen molar-refractivity contribution in [2.24, 2.45) is 0 Å². The third kappa shape index (κ3) is 4.49. The van der Waals surface area contributed by atoms with Gasteiger partial charge in [-0.05, 0) is 42.1 Å². The lowest BCUT2D eigenvalue weighted by molar-refractivity contribution is -0.127. The van der Waals surface area contributed by atoms with Crippen LogP contribution in [-0.4, -0.2) is 46.4 Å². The lowest BCUT2D eigenvalue weighted by Gasteiger charge is -2.12. The van der Waals surface area contributed by atoms with Crippen LogP contribution in [0.5, 0.6) is 11.5 Å². The Morgan fingerprint density at radius 1 is 1.06 bits per heavy atom. The second-order valence-electron chi connectivity index (χ2n) is 7.44. The molecule has 10 nitrogen and oxygen atoms in total. The van der Waals surface area contributed by atoms with Crippen LogP contribution in [0, 0.1) is 0 Å². The molecule has 11 heteroatoms. The Hall–Kier alpha value is -4.51. The summed E-state index contributed by atoms with van der Waals surface area (Å²) in [7, 11) is 0. The van der Waals surface area contributed by atoms with Gasteiger partial charge in [-0.3, -0.25) is 19.3 Å². The van der Waals surface area contributed by atoms with E-state index in [9.17, 15) is 24.3 Å². The third-order valence-electron chi connectivity index (χ3n) is 5.15. The third-order valence-corrected chi connectivity index (χ3v) is 6.06. The first-order valence-electron chi connectivity index (χ1n) is 10.3. The van der Waals surface area contributed by atoms with E-state index in [0.717, 1.165) is 4.90 Å². The maximum Gasteiger partial charge on any atom is 0.336 e. The zero-order valence-electron chi connectivity index (χ0n) is 17.8. The first-order valence-corrected chi connectivity index (χ1v) is 11.1. The molecule has 0 radical (unpaired) electrons. The molecule has 0 saturated carbocycles. The number of furan rings is 1. The van der Waals surface area contributed by atoms with Crippen LogP contribution >= 0.6 is 11.8 Å². The second-order valence-corrected chi connectivity index (χ2v) is 8.43. The summed E-state index contributed by atoms with van der Waals surface area (Å²) < 4.78 is 16.2. The number of nitrogens with zero attached hydrogens (tertiary/aromatic N) is 1. The number of thioether (sulfide) groups is 1. The van der Waals surface area contributed by atoms with Crippen molar-refractivity contribution in [3.8, 4) is 22.8 Å². The quantitative estimate of drug-likeness (QED) is 0.489. The lowest BCUT2D eigenvalue weighted by Crippen LogP contribution is -2.36. The van der Waals surface area contributed by atoms with Crippen LogP contribution in [0.4, 0.5) is 10.5 Å². The van der Waals surface area contributed by atoms with Gasteiger partial charge in [0.1, 0.15) is 18.1 Å². The molecule has 3 amide bonds. The highest BCUT2D eigenvalue weighted by atomic mass is 32.2. The molecule has 2 aliphatic heterocycles. The summed E-state index contributed by atoms with van der Waals surface area (Å²) >= 11 is 0.682. The standard InChI is InChI=1S/C24H16N2O8S/c27-21(25-13-5-7-18-19(9-13)33-12-32-18)11-26-22(28)20(35-24(26)31)10-14-6-8-17(34-14)15-3-1-2-4-16(15)23(29)30/h1-10H,11-12H2,(H,25,27)(H,29,30)/b20-10-. The molecule has 2 aromatic carbocycles. The highest BCUT2D eigenvalue weighted by molar-refractivity contribution is 8.18. The van der Waals surface area contributed by atoms with Gasteiger partial charge in [-0.25, -0.2) is 4.79 Å². The van der Waals surface area contributed by atoms with Gasteiger partial charge >= 0.3 is 5.97 Å². The number of carboxylic acid groups (broad SMARTS) is 1. The summed E-state index contributed by atoms with van der Waals surface area (Å²) in [6.07, 6.45) is 1.38. The Bertz CT molecular complexity index is 1410. The smallest absolute Gasteiger partial charge is 0.336 e. The predicted molar refractivity (Wildman–Crippen MR) is 125 cm³/mol. The van der Waals surface area contributed by atoms with Crippen LogP contribution < -0.4 is 14.8 Å². The molecule has 1 saturated heterocycles. The number of benzene rings is 2. The van der Waals surface area contributed by atoms with Crippen LogP contribution in [0.1, 0.15) is 16.1 Å². The van der Waals surface area contributed by atoms with Gasteiger partial charge in [0.2, 0.25) is 12.7 Å². The van der Waals surface area contributed by atoms with Crippen molar-refractivity contribution in [3.63, 3.8) is 0 Å². The molecule has 176 valence electrons. The van der Waals surface area contributed by atoms with Crippen molar-refractivity contribution in [2.75, 3.05) is 18.7 Å². The minimum Gasteiger partial charge on any atom is -0.478 e. The molecule has 3 aromatic rings. The van der Waals surface area contributed by atoms with Gasteiger partial charge in [0, 0.05) is 23.4 Å². The maximum absolute atomic E-state index is 12.8. The SMILES string of the molecule is O=C(CN1C(=O)S/C(=C\c2ccc(-c3ccccc3C(=O)O)o2)C1=O)Nc1ccc2c(c1)OCO2. The Labute approximate surface area is 202 Å². The van der Waals surface area contributed by atoms with E-state index in [4.69, 9.17) is 13.9 Å². The Balaban J connectivity index is 1.28. The van der Waals surface area contributed by atoms with E-state index in [1.807, 2.05) is 0 Å². The van der Waals surface area contributed by atoms with E-state index in [1.54, 1.807) is 48.5 Å². The van der Waals surface area contributed by atoms with Gasteiger partial charge in [-0.15, -0.1) is 0 Å². The average Bonchev–Trinajstić information content (AvgIpc) is 3.55. The van der Waals surface area contributed by atoms with Crippen molar-refractivity contribution < 1.29 is 38.2 Å². The molecule has 2 aliphatic rings. The minimum atomic E-state index is -1.10. The van der Waals surface area contributed by atoms with Crippen molar-refractivity contribution in [1.29, 1.82) is 0 Å².